The van der Waals surface area contributed by atoms with Crippen molar-refractivity contribution >= 4 is 11.6 Å². The minimum Gasteiger partial charge on any atom is -0.322 e. The SMILES string of the molecule is CCn1nc(C)c(NC(=O)CN[C@H](C)c2ccccc2-n2cccn2)c1C. The number of nitrogens with zero attached hydrogens (tertiary/aromatic N) is 4. The third kappa shape index (κ3) is 4.09. The molecule has 1 atom stereocenters. The first-order valence-electron chi connectivity index (χ1n) is 9.17. The summed E-state index contributed by atoms with van der Waals surface area (Å²) in [5, 5.41) is 15.0. The molecular weight excluding hydrogens is 340 g/mol. The molecule has 0 aliphatic rings. The molecule has 0 aliphatic heterocycles. The summed E-state index contributed by atoms with van der Waals surface area (Å²) in [6.07, 6.45) is 3.67. The minimum atomic E-state index is -0.0831. The molecule has 1 amide bonds. The number of para-hydroxylation sites is 1. The van der Waals surface area contributed by atoms with Crippen LogP contribution in [0.3, 0.4) is 0 Å². The van der Waals surface area contributed by atoms with Gasteiger partial charge in [-0.1, -0.05) is 18.2 Å². The number of benzene rings is 1. The lowest BCUT2D eigenvalue weighted by atomic mass is 10.1. The predicted molar refractivity (Wildman–Crippen MR) is 106 cm³/mol. The second-order valence-electron chi connectivity index (χ2n) is 6.52. The van der Waals surface area contributed by atoms with Crippen molar-refractivity contribution < 1.29 is 4.79 Å². The number of hydrogen-bond donors (Lipinski definition) is 2. The van der Waals surface area contributed by atoms with Gasteiger partial charge in [0.05, 0.1) is 29.3 Å². The van der Waals surface area contributed by atoms with Crippen molar-refractivity contribution in [3.8, 4) is 5.69 Å². The Balaban J connectivity index is 1.66. The van der Waals surface area contributed by atoms with E-state index in [1.807, 2.05) is 73.6 Å². The Hall–Kier alpha value is -2.93. The van der Waals surface area contributed by atoms with Crippen LogP contribution >= 0.6 is 0 Å². The Morgan fingerprint density at radius 1 is 1.22 bits per heavy atom. The predicted octanol–water partition coefficient (Wildman–Crippen LogP) is 2.99. The molecule has 142 valence electrons. The number of rotatable bonds is 7. The lowest BCUT2D eigenvalue weighted by Crippen LogP contribution is -2.30. The van der Waals surface area contributed by atoms with Crippen LogP contribution in [0.5, 0.6) is 0 Å². The van der Waals surface area contributed by atoms with Gasteiger partial charge < -0.3 is 10.6 Å². The van der Waals surface area contributed by atoms with Gasteiger partial charge in [-0.25, -0.2) is 4.68 Å². The van der Waals surface area contributed by atoms with Gasteiger partial charge in [-0.05, 0) is 45.4 Å². The molecule has 3 rings (SSSR count). The second-order valence-corrected chi connectivity index (χ2v) is 6.52. The van der Waals surface area contributed by atoms with Crippen molar-refractivity contribution in [1.29, 1.82) is 0 Å². The lowest BCUT2D eigenvalue weighted by molar-refractivity contribution is -0.115. The summed E-state index contributed by atoms with van der Waals surface area (Å²) in [6, 6.07) is 9.93. The van der Waals surface area contributed by atoms with Crippen LogP contribution in [0.4, 0.5) is 5.69 Å². The summed E-state index contributed by atoms with van der Waals surface area (Å²) in [4.78, 5) is 12.4. The normalized spacial score (nSPS) is 12.1. The average Bonchev–Trinajstić information content (AvgIpc) is 3.30. The van der Waals surface area contributed by atoms with E-state index < -0.39 is 0 Å². The molecule has 0 saturated heterocycles. The highest BCUT2D eigenvalue weighted by Crippen LogP contribution is 2.21. The molecule has 0 spiro atoms. The van der Waals surface area contributed by atoms with E-state index in [1.165, 1.54) is 0 Å². The first kappa shape index (κ1) is 18.8. The smallest absolute Gasteiger partial charge is 0.238 e. The number of hydrogen-bond acceptors (Lipinski definition) is 4. The largest absolute Gasteiger partial charge is 0.322 e. The van der Waals surface area contributed by atoms with E-state index in [-0.39, 0.29) is 18.5 Å². The zero-order valence-corrected chi connectivity index (χ0v) is 16.2. The standard InChI is InChI=1S/C20H26N6O/c1-5-25-16(4)20(15(3)24-25)23-19(27)13-21-14(2)17-9-6-7-10-18(17)26-12-8-11-22-26/h6-12,14,21H,5,13H2,1-4H3,(H,23,27)/t14-/m1/s1. The van der Waals surface area contributed by atoms with Crippen LogP contribution in [0.1, 0.15) is 36.8 Å². The fourth-order valence-electron chi connectivity index (χ4n) is 3.20. The summed E-state index contributed by atoms with van der Waals surface area (Å²) in [7, 11) is 0. The van der Waals surface area contributed by atoms with Crippen LogP contribution in [0.2, 0.25) is 0 Å². The molecule has 1 aromatic carbocycles. The Bertz CT molecular complexity index is 913. The van der Waals surface area contributed by atoms with Crippen molar-refractivity contribution in [3.63, 3.8) is 0 Å². The maximum Gasteiger partial charge on any atom is 0.238 e. The van der Waals surface area contributed by atoms with Crippen LogP contribution in [-0.2, 0) is 11.3 Å². The van der Waals surface area contributed by atoms with Gasteiger partial charge in [0.1, 0.15) is 0 Å². The molecule has 7 nitrogen and oxygen atoms in total. The van der Waals surface area contributed by atoms with E-state index in [0.29, 0.717) is 0 Å². The van der Waals surface area contributed by atoms with Gasteiger partial charge in [0.15, 0.2) is 0 Å². The fraction of sp³-hybridized carbons (Fsp3) is 0.350. The molecule has 27 heavy (non-hydrogen) atoms. The highest BCUT2D eigenvalue weighted by molar-refractivity contribution is 5.93. The molecule has 0 fully saturated rings. The molecular formula is C20H26N6O. The molecule has 2 heterocycles. The Labute approximate surface area is 159 Å². The Kier molecular flexibility index (Phi) is 5.71. The maximum absolute atomic E-state index is 12.4. The zero-order chi connectivity index (χ0) is 19.4. The molecule has 0 unspecified atom stereocenters. The molecule has 2 N–H and O–H groups in total. The number of anilines is 1. The number of amides is 1. The number of carbonyl (C=O) groups excluding carboxylic acids is 1. The molecule has 3 aromatic rings. The van der Waals surface area contributed by atoms with Gasteiger partial charge in [0, 0.05) is 25.0 Å². The number of carbonyl (C=O) groups is 1. The van der Waals surface area contributed by atoms with E-state index in [1.54, 1.807) is 6.20 Å². The summed E-state index contributed by atoms with van der Waals surface area (Å²) in [5.74, 6) is -0.0831. The number of aryl methyl sites for hydroxylation is 2. The molecule has 0 aliphatic carbocycles. The molecule has 0 saturated carbocycles. The summed E-state index contributed by atoms with van der Waals surface area (Å²) < 4.78 is 3.72. The van der Waals surface area contributed by atoms with Crippen LogP contribution < -0.4 is 10.6 Å². The summed E-state index contributed by atoms with van der Waals surface area (Å²) in [6.45, 7) is 8.94. The average molecular weight is 366 g/mol. The van der Waals surface area contributed by atoms with Crippen molar-refractivity contribution in [3.05, 3.63) is 59.7 Å². The first-order chi connectivity index (χ1) is 13.0. The monoisotopic (exact) mass is 366 g/mol. The van der Waals surface area contributed by atoms with Gasteiger partial charge in [0.25, 0.3) is 0 Å². The number of nitrogens with one attached hydrogen (secondary N) is 2. The molecule has 7 heteroatoms. The van der Waals surface area contributed by atoms with E-state index in [2.05, 4.69) is 20.8 Å². The Morgan fingerprint density at radius 2 is 2.00 bits per heavy atom. The van der Waals surface area contributed by atoms with Gasteiger partial charge >= 0.3 is 0 Å². The third-order valence-electron chi connectivity index (χ3n) is 4.67. The van der Waals surface area contributed by atoms with Crippen molar-refractivity contribution in [2.45, 2.75) is 40.3 Å². The highest BCUT2D eigenvalue weighted by Gasteiger charge is 2.16. The van der Waals surface area contributed by atoms with Crippen molar-refractivity contribution in [1.82, 2.24) is 24.9 Å². The minimum absolute atomic E-state index is 0.00305. The summed E-state index contributed by atoms with van der Waals surface area (Å²) in [5.41, 5.74) is 4.69. The van der Waals surface area contributed by atoms with Crippen LogP contribution in [0.15, 0.2) is 42.7 Å². The van der Waals surface area contributed by atoms with E-state index in [9.17, 15) is 4.79 Å². The van der Waals surface area contributed by atoms with Gasteiger partial charge in [-0.2, -0.15) is 10.2 Å². The fourth-order valence-corrected chi connectivity index (χ4v) is 3.20. The summed E-state index contributed by atoms with van der Waals surface area (Å²) >= 11 is 0. The second kappa shape index (κ2) is 8.18. The zero-order valence-electron chi connectivity index (χ0n) is 16.2. The van der Waals surface area contributed by atoms with Crippen LogP contribution in [0.25, 0.3) is 5.69 Å². The van der Waals surface area contributed by atoms with Crippen molar-refractivity contribution in [2.24, 2.45) is 0 Å². The number of aromatic nitrogens is 4. The van der Waals surface area contributed by atoms with Crippen LogP contribution in [-0.4, -0.2) is 32.0 Å². The van der Waals surface area contributed by atoms with E-state index in [4.69, 9.17) is 0 Å². The van der Waals surface area contributed by atoms with Gasteiger partial charge in [-0.15, -0.1) is 0 Å². The molecule has 0 bridgehead atoms. The lowest BCUT2D eigenvalue weighted by Gasteiger charge is -2.18. The molecule has 2 aromatic heterocycles. The van der Waals surface area contributed by atoms with Gasteiger partial charge in [-0.3, -0.25) is 9.48 Å². The van der Waals surface area contributed by atoms with Gasteiger partial charge in [0.2, 0.25) is 5.91 Å². The van der Waals surface area contributed by atoms with Crippen LogP contribution in [0, 0.1) is 13.8 Å². The molecule has 0 radical (unpaired) electrons. The highest BCUT2D eigenvalue weighted by atomic mass is 16.1. The first-order valence-corrected chi connectivity index (χ1v) is 9.17. The topological polar surface area (TPSA) is 76.8 Å². The van der Waals surface area contributed by atoms with E-state index >= 15 is 0 Å². The van der Waals surface area contributed by atoms with Crippen molar-refractivity contribution in [2.75, 3.05) is 11.9 Å². The Morgan fingerprint density at radius 3 is 2.67 bits per heavy atom. The third-order valence-corrected chi connectivity index (χ3v) is 4.67. The maximum atomic E-state index is 12.4. The van der Waals surface area contributed by atoms with E-state index in [0.717, 1.165) is 34.9 Å². The quantitative estimate of drug-likeness (QED) is 0.674.